The van der Waals surface area contributed by atoms with E-state index >= 15 is 0 Å². The Morgan fingerprint density at radius 3 is 2.39 bits per heavy atom. The topological polar surface area (TPSA) is 79.2 Å². The fraction of sp³-hybridized carbons (Fsp3) is 0.167. The van der Waals surface area contributed by atoms with Gasteiger partial charge in [0.15, 0.2) is 6.10 Å². The van der Waals surface area contributed by atoms with Gasteiger partial charge in [-0.3, -0.25) is 9.59 Å². The summed E-state index contributed by atoms with van der Waals surface area (Å²) in [4.78, 5) is 23.8. The van der Waals surface area contributed by atoms with Gasteiger partial charge in [0.2, 0.25) is 0 Å². The second kappa shape index (κ2) is 7.76. The number of esters is 1. The quantitative estimate of drug-likeness (QED) is 0.861. The number of ether oxygens (including phenoxy) is 1. The van der Waals surface area contributed by atoms with E-state index in [2.05, 4.69) is 5.32 Å². The molecular weight excluding hydrogens is 292 g/mol. The van der Waals surface area contributed by atoms with E-state index in [1.807, 2.05) is 36.4 Å². The average Bonchev–Trinajstić information content (AvgIpc) is 2.56. The lowest BCUT2D eigenvalue weighted by atomic mass is 10.1. The first kappa shape index (κ1) is 16.2. The Balaban J connectivity index is 1.86. The number of hydrogen-bond acceptors (Lipinski definition) is 4. The summed E-state index contributed by atoms with van der Waals surface area (Å²) < 4.78 is 5.13. The van der Waals surface area contributed by atoms with Crippen molar-refractivity contribution in [2.45, 2.75) is 19.4 Å². The predicted octanol–water partition coefficient (Wildman–Crippen LogP) is 2.67. The molecule has 0 aliphatic rings. The van der Waals surface area contributed by atoms with Crippen LogP contribution < -0.4 is 5.32 Å². The van der Waals surface area contributed by atoms with Gasteiger partial charge in [-0.2, -0.15) is 5.26 Å². The van der Waals surface area contributed by atoms with Crippen molar-refractivity contribution in [2.75, 3.05) is 5.32 Å². The third-order valence-electron chi connectivity index (χ3n) is 3.15. The molecule has 0 bridgehead atoms. The van der Waals surface area contributed by atoms with Crippen molar-refractivity contribution in [3.05, 3.63) is 65.7 Å². The summed E-state index contributed by atoms with van der Waals surface area (Å²) in [5.74, 6) is -0.880. The van der Waals surface area contributed by atoms with Gasteiger partial charge in [-0.25, -0.2) is 0 Å². The summed E-state index contributed by atoms with van der Waals surface area (Å²) in [7, 11) is 0. The van der Waals surface area contributed by atoms with E-state index in [1.54, 1.807) is 24.3 Å². The zero-order valence-corrected chi connectivity index (χ0v) is 12.7. The maximum Gasteiger partial charge on any atom is 0.311 e. The van der Waals surface area contributed by atoms with E-state index in [0.29, 0.717) is 11.3 Å². The van der Waals surface area contributed by atoms with E-state index in [-0.39, 0.29) is 6.42 Å². The minimum atomic E-state index is -0.901. The first-order valence-electron chi connectivity index (χ1n) is 7.13. The Hall–Kier alpha value is -3.13. The van der Waals surface area contributed by atoms with Crippen LogP contribution in [0.1, 0.15) is 18.1 Å². The highest BCUT2D eigenvalue weighted by Crippen LogP contribution is 2.10. The van der Waals surface area contributed by atoms with Crippen LogP contribution in [0.25, 0.3) is 0 Å². The molecule has 0 aliphatic carbocycles. The van der Waals surface area contributed by atoms with E-state index in [1.165, 1.54) is 6.92 Å². The number of hydrogen-bond donors (Lipinski definition) is 1. The number of carbonyl (C=O) groups excluding carboxylic acids is 2. The molecule has 0 heterocycles. The molecule has 0 aliphatic heterocycles. The molecule has 5 heteroatoms. The number of amides is 1. The molecule has 1 amide bonds. The largest absolute Gasteiger partial charge is 0.452 e. The van der Waals surface area contributed by atoms with Crippen LogP contribution in [-0.4, -0.2) is 18.0 Å². The first-order chi connectivity index (χ1) is 11.1. The average molecular weight is 308 g/mol. The predicted molar refractivity (Wildman–Crippen MR) is 85.5 cm³/mol. The molecule has 5 nitrogen and oxygen atoms in total. The number of rotatable bonds is 5. The molecule has 1 N–H and O–H groups in total. The van der Waals surface area contributed by atoms with Crippen LogP contribution >= 0.6 is 0 Å². The Kier molecular flexibility index (Phi) is 5.48. The number of nitriles is 1. The lowest BCUT2D eigenvalue weighted by Gasteiger charge is -2.13. The van der Waals surface area contributed by atoms with Crippen molar-refractivity contribution in [1.82, 2.24) is 0 Å². The van der Waals surface area contributed by atoms with E-state index in [4.69, 9.17) is 10.00 Å². The molecule has 116 valence electrons. The molecule has 0 aromatic heterocycles. The fourth-order valence-electron chi connectivity index (χ4n) is 1.93. The van der Waals surface area contributed by atoms with Crippen molar-refractivity contribution in [3.63, 3.8) is 0 Å². The van der Waals surface area contributed by atoms with Crippen LogP contribution in [0.5, 0.6) is 0 Å². The molecule has 23 heavy (non-hydrogen) atoms. The van der Waals surface area contributed by atoms with Crippen molar-refractivity contribution in [1.29, 1.82) is 5.26 Å². The van der Waals surface area contributed by atoms with E-state index in [0.717, 1.165) is 5.56 Å². The van der Waals surface area contributed by atoms with E-state index in [9.17, 15) is 9.59 Å². The highest BCUT2D eigenvalue weighted by Gasteiger charge is 2.18. The van der Waals surface area contributed by atoms with Crippen LogP contribution in [0.3, 0.4) is 0 Å². The van der Waals surface area contributed by atoms with Gasteiger partial charge in [0.05, 0.1) is 18.1 Å². The molecule has 0 saturated carbocycles. The fourth-order valence-corrected chi connectivity index (χ4v) is 1.93. The Bertz CT molecular complexity index is 718. The first-order valence-corrected chi connectivity index (χ1v) is 7.13. The molecule has 2 aromatic rings. The zero-order chi connectivity index (χ0) is 16.7. The second-order valence-corrected chi connectivity index (χ2v) is 4.97. The van der Waals surface area contributed by atoms with Gasteiger partial charge in [0.1, 0.15) is 0 Å². The van der Waals surface area contributed by atoms with Crippen molar-refractivity contribution >= 4 is 17.6 Å². The number of carbonyl (C=O) groups is 2. The molecular formula is C18H16N2O3. The lowest BCUT2D eigenvalue weighted by molar-refractivity contribution is -0.152. The summed E-state index contributed by atoms with van der Waals surface area (Å²) in [6, 6.07) is 17.6. The van der Waals surface area contributed by atoms with Gasteiger partial charge in [0.25, 0.3) is 5.91 Å². The number of anilines is 1. The molecule has 2 aromatic carbocycles. The van der Waals surface area contributed by atoms with E-state index < -0.39 is 18.0 Å². The highest BCUT2D eigenvalue weighted by atomic mass is 16.5. The zero-order valence-electron chi connectivity index (χ0n) is 12.7. The third-order valence-corrected chi connectivity index (χ3v) is 3.15. The minimum Gasteiger partial charge on any atom is -0.452 e. The molecule has 2 rings (SSSR count). The Morgan fingerprint density at radius 1 is 1.13 bits per heavy atom. The molecule has 1 atom stereocenters. The van der Waals surface area contributed by atoms with Gasteiger partial charge in [-0.15, -0.1) is 0 Å². The van der Waals surface area contributed by atoms with Gasteiger partial charge in [-0.1, -0.05) is 30.3 Å². The highest BCUT2D eigenvalue weighted by molar-refractivity contribution is 5.95. The monoisotopic (exact) mass is 308 g/mol. The molecule has 0 fully saturated rings. The van der Waals surface area contributed by atoms with Gasteiger partial charge in [-0.05, 0) is 36.8 Å². The summed E-state index contributed by atoms with van der Waals surface area (Å²) in [5, 5.41) is 11.4. The van der Waals surface area contributed by atoms with Crippen LogP contribution in [0.2, 0.25) is 0 Å². The van der Waals surface area contributed by atoms with Gasteiger partial charge in [0, 0.05) is 5.69 Å². The number of benzene rings is 2. The smallest absolute Gasteiger partial charge is 0.311 e. The van der Waals surface area contributed by atoms with Crippen LogP contribution in [0.15, 0.2) is 54.6 Å². The molecule has 0 saturated heterocycles. The summed E-state index contributed by atoms with van der Waals surface area (Å²) >= 11 is 0. The Labute approximate surface area is 134 Å². The summed E-state index contributed by atoms with van der Waals surface area (Å²) in [6.07, 6.45) is -0.781. The Morgan fingerprint density at radius 2 is 1.78 bits per heavy atom. The normalized spacial score (nSPS) is 11.1. The third kappa shape index (κ3) is 4.97. The molecule has 0 unspecified atom stereocenters. The van der Waals surface area contributed by atoms with Crippen LogP contribution in [-0.2, 0) is 20.7 Å². The molecule has 0 spiro atoms. The summed E-state index contributed by atoms with van der Waals surface area (Å²) in [5.41, 5.74) is 1.88. The van der Waals surface area contributed by atoms with Crippen LogP contribution in [0, 0.1) is 11.3 Å². The number of nitrogens with one attached hydrogen (secondary N) is 1. The van der Waals surface area contributed by atoms with Gasteiger partial charge < -0.3 is 10.1 Å². The van der Waals surface area contributed by atoms with Crippen molar-refractivity contribution in [2.24, 2.45) is 0 Å². The minimum absolute atomic E-state index is 0.120. The summed E-state index contributed by atoms with van der Waals surface area (Å²) in [6.45, 7) is 1.52. The maximum absolute atomic E-state index is 12.0. The van der Waals surface area contributed by atoms with Crippen LogP contribution in [0.4, 0.5) is 5.69 Å². The van der Waals surface area contributed by atoms with Crippen molar-refractivity contribution < 1.29 is 14.3 Å². The SMILES string of the molecule is C[C@H](OC(=O)Cc1ccccc1)C(=O)Nc1ccc(C#N)cc1. The lowest BCUT2D eigenvalue weighted by Crippen LogP contribution is -2.30. The number of nitrogens with zero attached hydrogens (tertiary/aromatic N) is 1. The van der Waals surface area contributed by atoms with Crippen molar-refractivity contribution in [3.8, 4) is 6.07 Å². The maximum atomic E-state index is 12.0. The second-order valence-electron chi connectivity index (χ2n) is 4.97. The van der Waals surface area contributed by atoms with Gasteiger partial charge >= 0.3 is 5.97 Å². The standard InChI is InChI=1S/C18H16N2O3/c1-13(23-17(21)11-14-5-3-2-4-6-14)18(22)20-16-9-7-15(12-19)8-10-16/h2-10,13H,11H2,1H3,(H,20,22)/t13-/m0/s1. The molecule has 0 radical (unpaired) electrons.